The molecule has 1 aliphatic heterocycles. The van der Waals surface area contributed by atoms with Crippen LogP contribution in [0.3, 0.4) is 0 Å². The van der Waals surface area contributed by atoms with Crippen LogP contribution < -0.4 is 0 Å². The Kier molecular flexibility index (Phi) is 5.30. The van der Waals surface area contributed by atoms with Gasteiger partial charge in [0.15, 0.2) is 0 Å². The van der Waals surface area contributed by atoms with Gasteiger partial charge in [-0.3, -0.25) is 4.79 Å². The number of likely N-dealkylation sites (tertiary alicyclic amines) is 1. The number of H-pyrrole nitrogens is 1. The normalized spacial score (nSPS) is 15.8. The molecular weight excluding hydrogens is 401 g/mol. The van der Waals surface area contributed by atoms with E-state index in [-0.39, 0.29) is 17.4 Å². The highest BCUT2D eigenvalue weighted by Crippen LogP contribution is 2.40. The van der Waals surface area contributed by atoms with E-state index in [9.17, 15) is 18.0 Å². The lowest BCUT2D eigenvalue weighted by Crippen LogP contribution is -2.29. The predicted molar refractivity (Wildman–Crippen MR) is 107 cm³/mol. The number of nitrogens with one attached hydrogen (secondary N) is 1. The average molecular weight is 421 g/mol. The van der Waals surface area contributed by atoms with E-state index in [1.807, 2.05) is 24.3 Å². The van der Waals surface area contributed by atoms with Gasteiger partial charge in [0.1, 0.15) is 0 Å². The van der Waals surface area contributed by atoms with Crippen molar-refractivity contribution in [2.45, 2.75) is 31.4 Å². The molecule has 0 unspecified atom stereocenters. The Bertz CT molecular complexity index is 1040. The maximum absolute atomic E-state index is 13.4. The molecule has 7 heteroatoms. The van der Waals surface area contributed by atoms with Gasteiger partial charge in [-0.05, 0) is 42.2 Å². The summed E-state index contributed by atoms with van der Waals surface area (Å²) in [7, 11) is 0. The summed E-state index contributed by atoms with van der Waals surface area (Å²) < 4.78 is 40.3. The molecule has 1 fully saturated rings. The van der Waals surface area contributed by atoms with Gasteiger partial charge in [-0.1, -0.05) is 35.9 Å². The fraction of sp³-hybridized carbons (Fsp3) is 0.318. The number of halogens is 4. The average Bonchev–Trinajstić information content (AvgIpc) is 3.36. The third kappa shape index (κ3) is 3.99. The lowest BCUT2D eigenvalue weighted by Gasteiger charge is -2.22. The van der Waals surface area contributed by atoms with E-state index in [0.29, 0.717) is 18.7 Å². The van der Waals surface area contributed by atoms with Crippen molar-refractivity contribution in [2.24, 2.45) is 0 Å². The molecule has 0 saturated carbocycles. The van der Waals surface area contributed by atoms with E-state index < -0.39 is 17.7 Å². The maximum Gasteiger partial charge on any atom is 0.417 e. The molecule has 1 amide bonds. The summed E-state index contributed by atoms with van der Waals surface area (Å²) in [4.78, 5) is 17.8. The number of hydrogen-bond donors (Lipinski definition) is 1. The van der Waals surface area contributed by atoms with Crippen LogP contribution >= 0.6 is 11.6 Å². The van der Waals surface area contributed by atoms with Crippen molar-refractivity contribution >= 4 is 28.4 Å². The fourth-order valence-electron chi connectivity index (χ4n) is 4.04. The van der Waals surface area contributed by atoms with Gasteiger partial charge in [0.25, 0.3) is 0 Å². The molecule has 152 valence electrons. The lowest BCUT2D eigenvalue weighted by molar-refractivity contribution is -0.137. The van der Waals surface area contributed by atoms with E-state index in [2.05, 4.69) is 4.98 Å². The van der Waals surface area contributed by atoms with Crippen molar-refractivity contribution < 1.29 is 18.0 Å². The van der Waals surface area contributed by atoms with Gasteiger partial charge in [0.2, 0.25) is 5.91 Å². The SMILES string of the molecule is O=C(C[C@@H](c1ccc(Cl)c(C(F)(F)F)c1)c1c[nH]c2ccccc12)N1CCCC1. The van der Waals surface area contributed by atoms with Crippen molar-refractivity contribution in [3.63, 3.8) is 0 Å². The minimum Gasteiger partial charge on any atom is -0.361 e. The van der Waals surface area contributed by atoms with Crippen molar-refractivity contribution in [1.82, 2.24) is 9.88 Å². The standard InChI is InChI=1S/C22H20ClF3N2O/c23-19-8-7-14(11-18(19)22(24,25)26)16(12-21(29)28-9-3-4-10-28)17-13-27-20-6-2-1-5-15(17)20/h1-2,5-8,11,13,16,27H,3-4,9-10,12H2/t16-/m0/s1. The van der Waals surface area contributed by atoms with Crippen LogP contribution in [0, 0.1) is 0 Å². The maximum atomic E-state index is 13.4. The van der Waals surface area contributed by atoms with Crippen molar-refractivity contribution in [3.8, 4) is 0 Å². The number of alkyl halides is 3. The summed E-state index contributed by atoms with van der Waals surface area (Å²) in [5.41, 5.74) is 1.24. The number of carbonyl (C=O) groups is 1. The summed E-state index contributed by atoms with van der Waals surface area (Å²) in [6.45, 7) is 1.40. The number of aromatic amines is 1. The summed E-state index contributed by atoms with van der Waals surface area (Å²) >= 11 is 5.81. The molecule has 2 heterocycles. The van der Waals surface area contributed by atoms with Crippen LogP contribution in [0.4, 0.5) is 13.2 Å². The van der Waals surface area contributed by atoms with Gasteiger partial charge in [-0.2, -0.15) is 13.2 Å². The Labute approximate surface area is 171 Å². The third-order valence-corrected chi connectivity index (χ3v) is 5.86. The van der Waals surface area contributed by atoms with Gasteiger partial charge in [-0.15, -0.1) is 0 Å². The predicted octanol–water partition coefficient (Wildman–Crippen LogP) is 5.98. The van der Waals surface area contributed by atoms with Gasteiger partial charge < -0.3 is 9.88 Å². The smallest absolute Gasteiger partial charge is 0.361 e. The molecule has 4 rings (SSSR count). The van der Waals surface area contributed by atoms with Gasteiger partial charge in [0.05, 0.1) is 10.6 Å². The number of aromatic nitrogens is 1. The largest absolute Gasteiger partial charge is 0.417 e. The fourth-order valence-corrected chi connectivity index (χ4v) is 4.26. The van der Waals surface area contributed by atoms with E-state index in [0.717, 1.165) is 35.4 Å². The Hall–Kier alpha value is -2.47. The van der Waals surface area contributed by atoms with Gasteiger partial charge >= 0.3 is 6.18 Å². The molecule has 3 aromatic rings. The van der Waals surface area contributed by atoms with Crippen molar-refractivity contribution in [3.05, 3.63) is 70.4 Å². The highest BCUT2D eigenvalue weighted by Gasteiger charge is 2.35. The molecule has 0 radical (unpaired) electrons. The molecule has 0 bridgehead atoms. The number of carbonyl (C=O) groups excluding carboxylic acids is 1. The van der Waals surface area contributed by atoms with Crippen LogP contribution in [0.1, 0.15) is 41.9 Å². The van der Waals surface area contributed by atoms with Gasteiger partial charge in [0, 0.05) is 42.5 Å². The molecular formula is C22H20ClF3N2O. The zero-order chi connectivity index (χ0) is 20.6. The topological polar surface area (TPSA) is 36.1 Å². The second-order valence-electron chi connectivity index (χ2n) is 7.37. The van der Waals surface area contributed by atoms with Crippen molar-refractivity contribution in [1.29, 1.82) is 0 Å². The molecule has 1 aromatic heterocycles. The molecule has 1 N–H and O–H groups in total. The minimum absolute atomic E-state index is 0.0405. The Morgan fingerprint density at radius 3 is 2.59 bits per heavy atom. The number of fused-ring (bicyclic) bond motifs is 1. The molecule has 1 saturated heterocycles. The molecule has 2 aromatic carbocycles. The first-order valence-corrected chi connectivity index (χ1v) is 9.93. The number of para-hydroxylation sites is 1. The quantitative estimate of drug-likeness (QED) is 0.553. The van der Waals surface area contributed by atoms with E-state index in [1.165, 1.54) is 6.07 Å². The first-order chi connectivity index (χ1) is 13.8. The Morgan fingerprint density at radius 1 is 1.14 bits per heavy atom. The lowest BCUT2D eigenvalue weighted by atomic mass is 9.87. The van der Waals surface area contributed by atoms with Crippen LogP contribution in [0.15, 0.2) is 48.7 Å². The second kappa shape index (κ2) is 7.75. The number of hydrogen-bond acceptors (Lipinski definition) is 1. The summed E-state index contributed by atoms with van der Waals surface area (Å²) in [5.74, 6) is -0.543. The monoisotopic (exact) mass is 420 g/mol. The van der Waals surface area contributed by atoms with Crippen LogP contribution in [-0.4, -0.2) is 28.9 Å². The zero-order valence-electron chi connectivity index (χ0n) is 15.6. The molecule has 29 heavy (non-hydrogen) atoms. The Balaban J connectivity index is 1.79. The van der Waals surface area contributed by atoms with Crippen molar-refractivity contribution in [2.75, 3.05) is 13.1 Å². The highest BCUT2D eigenvalue weighted by molar-refractivity contribution is 6.31. The number of rotatable bonds is 4. The summed E-state index contributed by atoms with van der Waals surface area (Å²) in [6, 6.07) is 11.5. The van der Waals surface area contributed by atoms with Crippen LogP contribution in [0.25, 0.3) is 10.9 Å². The molecule has 1 aliphatic rings. The second-order valence-corrected chi connectivity index (χ2v) is 7.78. The van der Waals surface area contributed by atoms with E-state index >= 15 is 0 Å². The first kappa shape index (κ1) is 19.8. The van der Waals surface area contributed by atoms with E-state index in [4.69, 9.17) is 11.6 Å². The molecule has 0 spiro atoms. The minimum atomic E-state index is -4.56. The first-order valence-electron chi connectivity index (χ1n) is 9.55. The van der Waals surface area contributed by atoms with Gasteiger partial charge in [-0.25, -0.2) is 0 Å². The van der Waals surface area contributed by atoms with E-state index in [1.54, 1.807) is 17.2 Å². The molecule has 1 atom stereocenters. The highest BCUT2D eigenvalue weighted by atomic mass is 35.5. The number of benzene rings is 2. The van der Waals surface area contributed by atoms with Crippen LogP contribution in [-0.2, 0) is 11.0 Å². The van der Waals surface area contributed by atoms with Crippen LogP contribution in [0.5, 0.6) is 0 Å². The third-order valence-electron chi connectivity index (χ3n) is 5.53. The molecule has 3 nitrogen and oxygen atoms in total. The number of nitrogens with zero attached hydrogens (tertiary/aromatic N) is 1. The zero-order valence-corrected chi connectivity index (χ0v) is 16.4. The molecule has 0 aliphatic carbocycles. The summed E-state index contributed by atoms with van der Waals surface area (Å²) in [6.07, 6.45) is -0.739. The Morgan fingerprint density at radius 2 is 1.86 bits per heavy atom. The number of amides is 1. The van der Waals surface area contributed by atoms with Crippen LogP contribution in [0.2, 0.25) is 5.02 Å². The summed E-state index contributed by atoms with van der Waals surface area (Å²) in [5, 5.41) is 0.556.